The monoisotopic (exact) mass is 313 g/mol. The van der Waals surface area contributed by atoms with Gasteiger partial charge in [-0.1, -0.05) is 12.2 Å². The molecule has 0 aromatic carbocycles. The molecule has 1 aliphatic carbocycles. The minimum absolute atomic E-state index is 0.0446. The molecule has 5 heteroatoms. The fourth-order valence-corrected chi connectivity index (χ4v) is 3.54. The van der Waals surface area contributed by atoms with Crippen molar-refractivity contribution >= 4 is 23.3 Å². The molecule has 2 rings (SSSR count). The molecule has 1 fully saturated rings. The van der Waals surface area contributed by atoms with Crippen LogP contribution in [0.5, 0.6) is 0 Å². The van der Waals surface area contributed by atoms with Gasteiger partial charge in [0.25, 0.3) is 0 Å². The lowest BCUT2D eigenvalue weighted by molar-refractivity contribution is -0.148. The Labute approximate surface area is 131 Å². The van der Waals surface area contributed by atoms with Crippen molar-refractivity contribution in [3.63, 3.8) is 0 Å². The number of ether oxygens (including phenoxy) is 1. The fraction of sp³-hybridized carbons (Fsp3) is 0.750. The van der Waals surface area contributed by atoms with Crippen LogP contribution in [0.15, 0.2) is 12.2 Å². The quantitative estimate of drug-likeness (QED) is 0.430. The van der Waals surface area contributed by atoms with Crippen LogP contribution in [0.1, 0.15) is 38.5 Å². The third kappa shape index (κ3) is 3.32. The maximum absolute atomic E-state index is 13.1. The molecule has 0 N–H and O–H groups in total. The van der Waals surface area contributed by atoms with Gasteiger partial charge in [-0.05, 0) is 32.1 Å². The molecule has 0 aromatic heterocycles. The van der Waals surface area contributed by atoms with E-state index in [1.165, 1.54) is 0 Å². The number of hydrogen-bond donors (Lipinski definition) is 0. The van der Waals surface area contributed by atoms with Crippen molar-refractivity contribution < 1.29 is 14.3 Å². The van der Waals surface area contributed by atoms with Gasteiger partial charge in [0.15, 0.2) is 5.78 Å². The number of amides is 1. The van der Waals surface area contributed by atoms with Gasteiger partial charge >= 0.3 is 0 Å². The number of alkyl halides is 1. The average molecular weight is 314 g/mol. The van der Waals surface area contributed by atoms with E-state index in [0.29, 0.717) is 31.7 Å². The second-order valence-electron chi connectivity index (χ2n) is 5.88. The highest BCUT2D eigenvalue weighted by Gasteiger charge is 2.47. The zero-order valence-electron chi connectivity index (χ0n) is 12.6. The smallest absolute Gasteiger partial charge is 0.240 e. The zero-order chi connectivity index (χ0) is 15.3. The van der Waals surface area contributed by atoms with Gasteiger partial charge in [0.05, 0.1) is 12.6 Å². The first-order valence-corrected chi connectivity index (χ1v) is 8.26. The molecule has 2 aliphatic rings. The molecule has 4 nitrogen and oxygen atoms in total. The number of hydrogen-bond acceptors (Lipinski definition) is 3. The number of carbonyl (C=O) groups is 2. The Balaban J connectivity index is 2.23. The zero-order valence-corrected chi connectivity index (χ0v) is 13.4. The number of carbonyl (C=O) groups excluding carboxylic acids is 2. The number of methoxy groups -OCH3 is 1. The van der Waals surface area contributed by atoms with Gasteiger partial charge in [-0.2, -0.15) is 0 Å². The maximum Gasteiger partial charge on any atom is 0.240 e. The largest absolute Gasteiger partial charge is 0.383 e. The molecule has 0 saturated carbocycles. The molecule has 0 radical (unpaired) electrons. The minimum atomic E-state index is -0.983. The molecule has 1 saturated heterocycles. The normalized spacial score (nSPS) is 29.1. The van der Waals surface area contributed by atoms with Gasteiger partial charge < -0.3 is 9.64 Å². The number of ketones is 1. The van der Waals surface area contributed by atoms with E-state index in [0.717, 1.165) is 25.8 Å². The molecule has 0 aromatic rings. The van der Waals surface area contributed by atoms with Crippen LogP contribution in [-0.4, -0.2) is 48.8 Å². The van der Waals surface area contributed by atoms with Crippen molar-refractivity contribution in [2.24, 2.45) is 5.41 Å². The van der Waals surface area contributed by atoms with E-state index in [1.54, 1.807) is 7.11 Å². The highest BCUT2D eigenvalue weighted by molar-refractivity contribution is 6.18. The summed E-state index contributed by atoms with van der Waals surface area (Å²) in [6, 6.07) is 0.0958. The number of halogens is 1. The van der Waals surface area contributed by atoms with Gasteiger partial charge in [0, 0.05) is 26.0 Å². The first kappa shape index (κ1) is 16.5. The second kappa shape index (κ2) is 7.41. The van der Waals surface area contributed by atoms with Crippen molar-refractivity contribution in [3.05, 3.63) is 12.2 Å². The summed E-state index contributed by atoms with van der Waals surface area (Å²) >= 11 is 5.79. The molecular formula is C16H24ClNO3. The lowest BCUT2D eigenvalue weighted by Crippen LogP contribution is -2.51. The maximum atomic E-state index is 13.1. The van der Waals surface area contributed by atoms with E-state index in [-0.39, 0.29) is 17.7 Å². The van der Waals surface area contributed by atoms with E-state index in [1.807, 2.05) is 17.1 Å². The number of rotatable bonds is 6. The van der Waals surface area contributed by atoms with Gasteiger partial charge in [-0.3, -0.25) is 9.59 Å². The van der Waals surface area contributed by atoms with E-state index < -0.39 is 5.41 Å². The minimum Gasteiger partial charge on any atom is -0.383 e. The molecule has 0 unspecified atom stereocenters. The van der Waals surface area contributed by atoms with Crippen molar-refractivity contribution in [1.82, 2.24) is 4.90 Å². The van der Waals surface area contributed by atoms with E-state index in [2.05, 4.69) is 0 Å². The molecule has 1 aliphatic heterocycles. The number of allylic oxidation sites excluding steroid dienone is 1. The third-order valence-electron chi connectivity index (χ3n) is 4.52. The average Bonchev–Trinajstić information content (AvgIpc) is 2.94. The Bertz CT molecular complexity index is 424. The Kier molecular flexibility index (Phi) is 5.82. The number of Topliss-reactive ketones (excluding diaryl/α,β-unsaturated/α-hetero) is 1. The third-order valence-corrected chi connectivity index (χ3v) is 4.79. The number of nitrogens with zero attached hydrogens (tertiary/aromatic N) is 1. The van der Waals surface area contributed by atoms with Crippen molar-refractivity contribution in [2.75, 3.05) is 26.1 Å². The van der Waals surface area contributed by atoms with E-state index >= 15 is 0 Å². The fourth-order valence-electron chi connectivity index (χ4n) is 3.41. The van der Waals surface area contributed by atoms with Crippen LogP contribution >= 0.6 is 11.6 Å². The van der Waals surface area contributed by atoms with Gasteiger partial charge in [-0.15, -0.1) is 11.6 Å². The highest BCUT2D eigenvalue weighted by Crippen LogP contribution is 2.37. The van der Waals surface area contributed by atoms with Crippen LogP contribution in [-0.2, 0) is 14.3 Å². The molecule has 2 atom stereocenters. The first-order valence-electron chi connectivity index (χ1n) is 7.72. The highest BCUT2D eigenvalue weighted by atomic mass is 35.5. The van der Waals surface area contributed by atoms with Crippen molar-refractivity contribution in [2.45, 2.75) is 44.6 Å². The lowest BCUT2D eigenvalue weighted by Gasteiger charge is -2.36. The van der Waals surface area contributed by atoms with Crippen molar-refractivity contribution in [3.8, 4) is 0 Å². The predicted molar refractivity (Wildman–Crippen MR) is 82.4 cm³/mol. The van der Waals surface area contributed by atoms with Crippen LogP contribution in [0, 0.1) is 5.41 Å². The van der Waals surface area contributed by atoms with Crippen LogP contribution in [0.4, 0.5) is 0 Å². The molecular weight excluding hydrogens is 290 g/mol. The SMILES string of the molecule is COC[C@@H]1CCCN1C(=O)[C@]1(CCCCl)C=CCCC1=O. The lowest BCUT2D eigenvalue weighted by atomic mass is 9.73. The Hall–Kier alpha value is -0.870. The summed E-state index contributed by atoms with van der Waals surface area (Å²) in [5.41, 5.74) is -0.983. The van der Waals surface area contributed by atoms with Crippen LogP contribution in [0.3, 0.4) is 0 Å². The van der Waals surface area contributed by atoms with Gasteiger partial charge in [0.2, 0.25) is 5.91 Å². The standard InChI is InChI=1S/C16H24ClNO3/c1-21-12-13-6-4-11-18(13)15(20)16(9-5-10-17)8-3-2-7-14(16)19/h3,8,13H,2,4-7,9-12H2,1H3/t13-,16-/m0/s1. The summed E-state index contributed by atoms with van der Waals surface area (Å²) < 4.78 is 5.22. The molecule has 1 amide bonds. The summed E-state index contributed by atoms with van der Waals surface area (Å²) in [4.78, 5) is 27.4. The predicted octanol–water partition coefficient (Wildman–Crippen LogP) is 2.55. The molecule has 0 bridgehead atoms. The van der Waals surface area contributed by atoms with Crippen LogP contribution in [0.2, 0.25) is 0 Å². The molecule has 1 heterocycles. The summed E-state index contributed by atoms with van der Waals surface area (Å²) in [7, 11) is 1.65. The van der Waals surface area contributed by atoms with Crippen molar-refractivity contribution in [1.29, 1.82) is 0 Å². The van der Waals surface area contributed by atoms with Gasteiger partial charge in [-0.25, -0.2) is 0 Å². The second-order valence-corrected chi connectivity index (χ2v) is 6.26. The number of likely N-dealkylation sites (tertiary alicyclic amines) is 1. The molecule has 118 valence electrons. The Morgan fingerprint density at radius 2 is 2.38 bits per heavy atom. The summed E-state index contributed by atoms with van der Waals surface area (Å²) in [6.45, 7) is 1.26. The topological polar surface area (TPSA) is 46.6 Å². The summed E-state index contributed by atoms with van der Waals surface area (Å²) in [6.07, 6.45) is 8.09. The van der Waals surface area contributed by atoms with Crippen LogP contribution in [0.25, 0.3) is 0 Å². The Morgan fingerprint density at radius 1 is 1.57 bits per heavy atom. The molecule has 0 spiro atoms. The van der Waals surface area contributed by atoms with E-state index in [4.69, 9.17) is 16.3 Å². The van der Waals surface area contributed by atoms with E-state index in [9.17, 15) is 9.59 Å². The first-order chi connectivity index (χ1) is 10.2. The van der Waals surface area contributed by atoms with Crippen LogP contribution < -0.4 is 0 Å². The Morgan fingerprint density at radius 3 is 3.05 bits per heavy atom. The molecule has 21 heavy (non-hydrogen) atoms. The summed E-state index contributed by atoms with van der Waals surface area (Å²) in [5.74, 6) is 0.466. The van der Waals surface area contributed by atoms with Gasteiger partial charge in [0.1, 0.15) is 5.41 Å². The summed E-state index contributed by atoms with van der Waals surface area (Å²) in [5, 5.41) is 0.